The Morgan fingerprint density at radius 1 is 1.42 bits per heavy atom. The second-order valence-electron chi connectivity index (χ2n) is 5.89. The number of nitrogens with zero attached hydrogens (tertiary/aromatic N) is 2. The lowest BCUT2D eigenvalue weighted by molar-refractivity contribution is 0.252. The largest absolute Gasteiger partial charge is 0.381 e. The fourth-order valence-corrected chi connectivity index (χ4v) is 3.05. The highest BCUT2D eigenvalue weighted by molar-refractivity contribution is 7.89. The van der Waals surface area contributed by atoms with Crippen LogP contribution in [0.3, 0.4) is 0 Å². The molecule has 1 rings (SSSR count). The number of nitrogens with two attached hydrogens (primary N) is 1. The Morgan fingerprint density at radius 2 is 1.95 bits per heavy atom. The molecule has 19 heavy (non-hydrogen) atoms. The molecule has 0 aliphatic heterocycles. The Kier molecular flexibility index (Phi) is 4.31. The molecule has 0 amide bonds. The summed E-state index contributed by atoms with van der Waals surface area (Å²) in [6.45, 7) is 10.2. The molecule has 0 atom stereocenters. The van der Waals surface area contributed by atoms with E-state index in [9.17, 15) is 8.42 Å². The summed E-state index contributed by atoms with van der Waals surface area (Å²) in [7, 11) is -1.96. The standard InChI is InChI=1S/C12H24N4O2S/c1-8(2)12(4,5)7-14-19(17,18)10-9(3)16(6)15-11(10)13/h8,14H,7H2,1-6H3,(H2,13,15). The monoisotopic (exact) mass is 288 g/mol. The average molecular weight is 288 g/mol. The maximum absolute atomic E-state index is 12.3. The molecule has 3 N–H and O–H groups in total. The summed E-state index contributed by atoms with van der Waals surface area (Å²) in [6, 6.07) is 0. The van der Waals surface area contributed by atoms with Crippen molar-refractivity contribution in [2.45, 2.75) is 39.5 Å². The van der Waals surface area contributed by atoms with Crippen LogP contribution in [-0.4, -0.2) is 24.7 Å². The number of nitrogen functional groups attached to an aromatic ring is 1. The van der Waals surface area contributed by atoms with Crippen molar-refractivity contribution in [3.05, 3.63) is 5.69 Å². The second kappa shape index (κ2) is 5.13. The van der Waals surface area contributed by atoms with Crippen LogP contribution in [0.15, 0.2) is 4.90 Å². The second-order valence-corrected chi connectivity index (χ2v) is 7.60. The van der Waals surface area contributed by atoms with E-state index in [2.05, 4.69) is 23.7 Å². The number of sulfonamides is 1. The Bertz CT molecular complexity index is 559. The summed E-state index contributed by atoms with van der Waals surface area (Å²) in [5.41, 5.74) is 6.08. The number of hydrogen-bond acceptors (Lipinski definition) is 4. The third-order valence-corrected chi connectivity index (χ3v) is 5.42. The Balaban J connectivity index is 3.01. The highest BCUT2D eigenvalue weighted by Crippen LogP contribution is 2.27. The number of anilines is 1. The van der Waals surface area contributed by atoms with Crippen LogP contribution in [0.5, 0.6) is 0 Å². The van der Waals surface area contributed by atoms with Gasteiger partial charge in [0.15, 0.2) is 5.82 Å². The van der Waals surface area contributed by atoms with Crippen molar-refractivity contribution in [3.8, 4) is 0 Å². The molecule has 0 fully saturated rings. The van der Waals surface area contributed by atoms with Crippen LogP contribution < -0.4 is 10.5 Å². The molecule has 6 nitrogen and oxygen atoms in total. The van der Waals surface area contributed by atoms with Crippen LogP contribution in [-0.2, 0) is 17.1 Å². The molecular weight excluding hydrogens is 264 g/mol. The summed E-state index contributed by atoms with van der Waals surface area (Å²) < 4.78 is 28.7. The van der Waals surface area contributed by atoms with E-state index in [0.29, 0.717) is 18.2 Å². The van der Waals surface area contributed by atoms with Gasteiger partial charge >= 0.3 is 0 Å². The minimum absolute atomic E-state index is 0.0369. The van der Waals surface area contributed by atoms with Gasteiger partial charge in [-0.3, -0.25) is 4.68 Å². The molecule has 0 aromatic carbocycles. The number of rotatable bonds is 5. The Hall–Kier alpha value is -1.08. The maximum Gasteiger partial charge on any atom is 0.246 e. The quantitative estimate of drug-likeness (QED) is 0.853. The van der Waals surface area contributed by atoms with Crippen molar-refractivity contribution >= 4 is 15.8 Å². The third kappa shape index (κ3) is 3.27. The van der Waals surface area contributed by atoms with E-state index in [1.165, 1.54) is 4.68 Å². The van der Waals surface area contributed by atoms with Gasteiger partial charge in [-0.05, 0) is 18.3 Å². The molecule has 0 radical (unpaired) electrons. The molecule has 0 aliphatic rings. The number of aromatic nitrogens is 2. The van der Waals surface area contributed by atoms with E-state index < -0.39 is 10.0 Å². The fourth-order valence-electron chi connectivity index (χ4n) is 1.50. The van der Waals surface area contributed by atoms with Crippen molar-refractivity contribution in [2.24, 2.45) is 18.4 Å². The molecule has 110 valence electrons. The zero-order valence-electron chi connectivity index (χ0n) is 12.5. The van der Waals surface area contributed by atoms with Gasteiger partial charge < -0.3 is 5.73 Å². The first kappa shape index (κ1) is 16.0. The average Bonchev–Trinajstić information content (AvgIpc) is 2.51. The molecule has 7 heteroatoms. The lowest BCUT2D eigenvalue weighted by Crippen LogP contribution is -2.37. The van der Waals surface area contributed by atoms with E-state index in [1.54, 1.807) is 14.0 Å². The molecule has 0 bridgehead atoms. The summed E-state index contributed by atoms with van der Waals surface area (Å²) in [5, 5.41) is 3.93. The van der Waals surface area contributed by atoms with Gasteiger partial charge in [0, 0.05) is 13.6 Å². The highest BCUT2D eigenvalue weighted by Gasteiger charge is 2.29. The first-order valence-electron chi connectivity index (χ1n) is 6.28. The van der Waals surface area contributed by atoms with Crippen LogP contribution in [0.25, 0.3) is 0 Å². The van der Waals surface area contributed by atoms with Gasteiger partial charge in [-0.2, -0.15) is 5.10 Å². The van der Waals surface area contributed by atoms with Crippen LogP contribution in [0.4, 0.5) is 5.82 Å². The lowest BCUT2D eigenvalue weighted by Gasteiger charge is -2.29. The van der Waals surface area contributed by atoms with Gasteiger partial charge in [-0.15, -0.1) is 0 Å². The van der Waals surface area contributed by atoms with Gasteiger partial charge in [-0.1, -0.05) is 27.7 Å². The SMILES string of the molecule is Cc1c(S(=O)(=O)NCC(C)(C)C(C)C)c(N)nn1C. The highest BCUT2D eigenvalue weighted by atomic mass is 32.2. The predicted octanol–water partition coefficient (Wildman–Crippen LogP) is 1.27. The molecule has 1 aromatic heterocycles. The zero-order chi connectivity index (χ0) is 15.0. The van der Waals surface area contributed by atoms with E-state index in [0.717, 1.165) is 0 Å². The fraction of sp³-hybridized carbons (Fsp3) is 0.750. The van der Waals surface area contributed by atoms with E-state index >= 15 is 0 Å². The minimum atomic E-state index is -3.63. The van der Waals surface area contributed by atoms with Gasteiger partial charge in [0.2, 0.25) is 10.0 Å². The first-order valence-corrected chi connectivity index (χ1v) is 7.76. The molecule has 1 heterocycles. The van der Waals surface area contributed by atoms with Crippen molar-refractivity contribution in [2.75, 3.05) is 12.3 Å². The number of aryl methyl sites for hydroxylation is 1. The summed E-state index contributed by atoms with van der Waals surface area (Å²) in [6.07, 6.45) is 0. The molecular formula is C12H24N4O2S. The summed E-state index contributed by atoms with van der Waals surface area (Å²) in [5.74, 6) is 0.400. The van der Waals surface area contributed by atoms with Crippen molar-refractivity contribution < 1.29 is 8.42 Å². The van der Waals surface area contributed by atoms with Gasteiger partial charge in [-0.25, -0.2) is 13.1 Å². The molecule has 0 spiro atoms. The minimum Gasteiger partial charge on any atom is -0.381 e. The number of nitrogens with one attached hydrogen (secondary N) is 1. The first-order chi connectivity index (χ1) is 8.49. The molecule has 0 saturated heterocycles. The summed E-state index contributed by atoms with van der Waals surface area (Å²) >= 11 is 0. The Morgan fingerprint density at radius 3 is 2.32 bits per heavy atom. The molecule has 0 unspecified atom stereocenters. The van der Waals surface area contributed by atoms with Crippen LogP contribution in [0.1, 0.15) is 33.4 Å². The molecule has 1 aromatic rings. The van der Waals surface area contributed by atoms with Crippen molar-refractivity contribution in [3.63, 3.8) is 0 Å². The maximum atomic E-state index is 12.3. The van der Waals surface area contributed by atoms with E-state index in [-0.39, 0.29) is 16.1 Å². The van der Waals surface area contributed by atoms with Gasteiger partial charge in [0.05, 0.1) is 5.69 Å². The number of hydrogen-bond donors (Lipinski definition) is 2. The van der Waals surface area contributed by atoms with Crippen LogP contribution >= 0.6 is 0 Å². The molecule has 0 aliphatic carbocycles. The third-order valence-electron chi connectivity index (χ3n) is 3.85. The predicted molar refractivity (Wildman–Crippen MR) is 76.2 cm³/mol. The molecule has 0 saturated carbocycles. The van der Waals surface area contributed by atoms with Crippen molar-refractivity contribution in [1.82, 2.24) is 14.5 Å². The van der Waals surface area contributed by atoms with E-state index in [4.69, 9.17) is 5.73 Å². The van der Waals surface area contributed by atoms with E-state index in [1.807, 2.05) is 13.8 Å². The van der Waals surface area contributed by atoms with Crippen molar-refractivity contribution in [1.29, 1.82) is 0 Å². The van der Waals surface area contributed by atoms with Crippen LogP contribution in [0, 0.1) is 18.3 Å². The Labute approximate surface area is 115 Å². The van der Waals surface area contributed by atoms with Gasteiger partial charge in [0.1, 0.15) is 4.90 Å². The smallest absolute Gasteiger partial charge is 0.246 e. The van der Waals surface area contributed by atoms with Crippen LogP contribution in [0.2, 0.25) is 0 Å². The topological polar surface area (TPSA) is 90.0 Å². The lowest BCUT2D eigenvalue weighted by atomic mass is 9.81. The summed E-state index contributed by atoms with van der Waals surface area (Å²) in [4.78, 5) is 0.0783. The van der Waals surface area contributed by atoms with Gasteiger partial charge in [0.25, 0.3) is 0 Å². The zero-order valence-corrected chi connectivity index (χ0v) is 13.3. The normalized spacial score (nSPS) is 13.2.